The van der Waals surface area contributed by atoms with Crippen LogP contribution in [-0.4, -0.2) is 0 Å². The summed E-state index contributed by atoms with van der Waals surface area (Å²) in [5.41, 5.74) is 6.00. The van der Waals surface area contributed by atoms with E-state index < -0.39 is 0 Å². The van der Waals surface area contributed by atoms with Crippen LogP contribution in [0.3, 0.4) is 0 Å². The van der Waals surface area contributed by atoms with Crippen LogP contribution in [0.2, 0.25) is 0 Å². The van der Waals surface area contributed by atoms with Gasteiger partial charge in [0, 0.05) is 0 Å². The van der Waals surface area contributed by atoms with E-state index >= 15 is 0 Å². The van der Waals surface area contributed by atoms with E-state index in [1.807, 2.05) is 13.8 Å². The molecule has 0 bridgehead atoms. The third-order valence-corrected chi connectivity index (χ3v) is 4.75. The predicted octanol–water partition coefficient (Wildman–Crippen LogP) is 6.43. The average Bonchev–Trinajstić information content (AvgIpc) is 2.56. The summed E-state index contributed by atoms with van der Waals surface area (Å²) in [7, 11) is 0. The van der Waals surface area contributed by atoms with Crippen LogP contribution in [0.5, 0.6) is 0 Å². The van der Waals surface area contributed by atoms with Crippen molar-refractivity contribution in [1.29, 1.82) is 0 Å². The Labute approximate surface area is 126 Å². The van der Waals surface area contributed by atoms with Crippen molar-refractivity contribution >= 4 is 0 Å². The monoisotopic (exact) mass is 272 g/mol. The molecular formula is C20H32. The first-order valence-electron chi connectivity index (χ1n) is 8.24. The van der Waals surface area contributed by atoms with Gasteiger partial charge in [0.1, 0.15) is 0 Å². The first-order valence-corrected chi connectivity index (χ1v) is 8.24. The highest BCUT2D eigenvalue weighted by Gasteiger charge is 2.29. The second-order valence-corrected chi connectivity index (χ2v) is 6.18. The van der Waals surface area contributed by atoms with E-state index in [-0.39, 0.29) is 0 Å². The van der Waals surface area contributed by atoms with Crippen molar-refractivity contribution in [2.45, 2.75) is 67.2 Å². The van der Waals surface area contributed by atoms with Crippen molar-refractivity contribution < 1.29 is 0 Å². The Kier molecular flexibility index (Phi) is 6.52. The van der Waals surface area contributed by atoms with Crippen LogP contribution in [0.4, 0.5) is 0 Å². The van der Waals surface area contributed by atoms with Crippen molar-refractivity contribution in [3.63, 3.8) is 0 Å². The standard InChI is InChI=1S/C18H26.C2H6/c1-12-9-10-14(3)17(11-12)18-15(4)8-6-7-13(2)16(18)5;1-2/h7,9-11,15-16,18H,6,8H2,1-5H3;1-2H3. The molecule has 3 unspecified atom stereocenters. The van der Waals surface area contributed by atoms with Gasteiger partial charge in [-0.3, -0.25) is 0 Å². The summed E-state index contributed by atoms with van der Waals surface area (Å²) in [6.07, 6.45) is 5.02. The summed E-state index contributed by atoms with van der Waals surface area (Å²) >= 11 is 0. The van der Waals surface area contributed by atoms with Gasteiger partial charge in [-0.15, -0.1) is 0 Å². The first-order chi connectivity index (χ1) is 9.50. The molecule has 20 heavy (non-hydrogen) atoms. The molecule has 0 radical (unpaired) electrons. The third kappa shape index (κ3) is 3.75. The summed E-state index contributed by atoms with van der Waals surface area (Å²) < 4.78 is 0. The highest BCUT2D eigenvalue weighted by Crippen LogP contribution is 2.41. The topological polar surface area (TPSA) is 0 Å². The quantitative estimate of drug-likeness (QED) is 0.517. The Hall–Kier alpha value is -1.04. The lowest BCUT2D eigenvalue weighted by Gasteiger charge is -2.30. The minimum atomic E-state index is 0.669. The van der Waals surface area contributed by atoms with Gasteiger partial charge in [0.25, 0.3) is 0 Å². The Bertz CT molecular complexity index is 453. The zero-order chi connectivity index (χ0) is 15.3. The van der Waals surface area contributed by atoms with E-state index in [0.717, 1.165) is 5.92 Å². The van der Waals surface area contributed by atoms with Gasteiger partial charge < -0.3 is 0 Å². The number of hydrogen-bond acceptors (Lipinski definition) is 0. The molecule has 0 aliphatic heterocycles. The number of rotatable bonds is 1. The van der Waals surface area contributed by atoms with E-state index in [9.17, 15) is 0 Å². The van der Waals surface area contributed by atoms with Crippen LogP contribution in [0.1, 0.15) is 70.1 Å². The summed E-state index contributed by atoms with van der Waals surface area (Å²) in [4.78, 5) is 0. The van der Waals surface area contributed by atoms with Crippen molar-refractivity contribution in [2.75, 3.05) is 0 Å². The fraction of sp³-hybridized carbons (Fsp3) is 0.600. The Morgan fingerprint density at radius 1 is 1.00 bits per heavy atom. The summed E-state index contributed by atoms with van der Waals surface area (Å²) in [5.74, 6) is 2.13. The molecule has 0 amide bonds. The molecule has 3 atom stereocenters. The Morgan fingerprint density at radius 3 is 2.30 bits per heavy atom. The highest BCUT2D eigenvalue weighted by atomic mass is 14.3. The number of hydrogen-bond donors (Lipinski definition) is 0. The maximum Gasteiger partial charge on any atom is -0.00706 e. The van der Waals surface area contributed by atoms with E-state index in [1.54, 1.807) is 11.1 Å². The molecule has 0 nitrogen and oxygen atoms in total. The lowest BCUT2D eigenvalue weighted by molar-refractivity contribution is 0.371. The summed E-state index contributed by atoms with van der Waals surface area (Å²) in [6, 6.07) is 6.92. The Morgan fingerprint density at radius 2 is 1.65 bits per heavy atom. The van der Waals surface area contributed by atoms with Crippen molar-refractivity contribution in [2.24, 2.45) is 11.8 Å². The molecule has 1 aromatic rings. The van der Waals surface area contributed by atoms with E-state index in [4.69, 9.17) is 0 Å². The van der Waals surface area contributed by atoms with Gasteiger partial charge in [0.05, 0.1) is 0 Å². The summed E-state index contributed by atoms with van der Waals surface area (Å²) in [5, 5.41) is 0. The molecule has 0 N–H and O–H groups in total. The molecule has 0 fully saturated rings. The lowest BCUT2D eigenvalue weighted by atomic mass is 9.74. The van der Waals surface area contributed by atoms with Gasteiger partial charge in [-0.1, -0.05) is 63.1 Å². The van der Waals surface area contributed by atoms with Crippen LogP contribution in [0.25, 0.3) is 0 Å². The fourth-order valence-electron chi connectivity index (χ4n) is 3.41. The SMILES string of the molecule is CC.CC1=CCCC(C)C(c2cc(C)ccc2C)C1C. The molecule has 0 aromatic heterocycles. The highest BCUT2D eigenvalue weighted by molar-refractivity contribution is 5.35. The molecule has 112 valence electrons. The predicted molar refractivity (Wildman–Crippen MR) is 91.3 cm³/mol. The first kappa shape index (κ1) is 17.0. The minimum Gasteiger partial charge on any atom is -0.0853 e. The molecule has 0 heterocycles. The largest absolute Gasteiger partial charge is 0.0853 e. The molecule has 0 saturated heterocycles. The number of aryl methyl sites for hydroxylation is 2. The molecule has 0 saturated carbocycles. The van der Waals surface area contributed by atoms with E-state index in [0.29, 0.717) is 11.8 Å². The maximum absolute atomic E-state index is 2.45. The molecule has 1 aliphatic carbocycles. The van der Waals surface area contributed by atoms with Crippen molar-refractivity contribution in [3.05, 3.63) is 46.5 Å². The minimum absolute atomic E-state index is 0.669. The number of allylic oxidation sites excluding steroid dienone is 2. The van der Waals surface area contributed by atoms with Crippen molar-refractivity contribution in [3.8, 4) is 0 Å². The third-order valence-electron chi connectivity index (χ3n) is 4.75. The molecule has 1 aromatic carbocycles. The van der Waals surface area contributed by atoms with Crippen molar-refractivity contribution in [1.82, 2.24) is 0 Å². The van der Waals surface area contributed by atoms with Crippen LogP contribution >= 0.6 is 0 Å². The average molecular weight is 272 g/mol. The lowest BCUT2D eigenvalue weighted by Crippen LogP contribution is -2.18. The summed E-state index contributed by atoms with van der Waals surface area (Å²) in [6.45, 7) is 15.6. The number of benzene rings is 1. The van der Waals surface area contributed by atoms with E-state index in [1.165, 1.54) is 24.0 Å². The normalized spacial score (nSPS) is 26.1. The van der Waals surface area contributed by atoms with Crippen LogP contribution < -0.4 is 0 Å². The van der Waals surface area contributed by atoms with E-state index in [2.05, 4.69) is 58.9 Å². The second kappa shape index (κ2) is 7.67. The van der Waals surface area contributed by atoms with Crippen LogP contribution in [0, 0.1) is 25.7 Å². The van der Waals surface area contributed by atoms with Crippen LogP contribution in [-0.2, 0) is 0 Å². The van der Waals surface area contributed by atoms with Crippen LogP contribution in [0.15, 0.2) is 29.8 Å². The van der Waals surface area contributed by atoms with Gasteiger partial charge in [0.2, 0.25) is 0 Å². The fourth-order valence-corrected chi connectivity index (χ4v) is 3.41. The smallest absolute Gasteiger partial charge is 0.00706 e. The zero-order valence-corrected chi connectivity index (χ0v) is 14.5. The van der Waals surface area contributed by atoms with Gasteiger partial charge in [0.15, 0.2) is 0 Å². The molecule has 1 aliphatic rings. The van der Waals surface area contributed by atoms with Gasteiger partial charge in [-0.05, 0) is 62.5 Å². The second-order valence-electron chi connectivity index (χ2n) is 6.18. The Balaban J connectivity index is 0.000000956. The molecule has 0 heteroatoms. The molecule has 0 spiro atoms. The maximum atomic E-state index is 2.45. The van der Waals surface area contributed by atoms with Gasteiger partial charge in [-0.25, -0.2) is 0 Å². The van der Waals surface area contributed by atoms with Gasteiger partial charge >= 0.3 is 0 Å². The molecule has 2 rings (SSSR count). The van der Waals surface area contributed by atoms with Gasteiger partial charge in [-0.2, -0.15) is 0 Å². The molecular weight excluding hydrogens is 240 g/mol. The zero-order valence-electron chi connectivity index (χ0n) is 14.5.